The monoisotopic (exact) mass is 497 g/mol. The molecule has 0 fully saturated rings. The van der Waals surface area contributed by atoms with Gasteiger partial charge in [-0.15, -0.1) is 11.3 Å². The van der Waals surface area contributed by atoms with Crippen LogP contribution in [0.25, 0.3) is 5.69 Å². The van der Waals surface area contributed by atoms with Crippen LogP contribution < -0.4 is 14.8 Å². The van der Waals surface area contributed by atoms with E-state index in [0.717, 1.165) is 6.07 Å². The van der Waals surface area contributed by atoms with Gasteiger partial charge in [-0.25, -0.2) is 14.4 Å². The molecule has 1 amide bonds. The summed E-state index contributed by atoms with van der Waals surface area (Å²) in [5.41, 5.74) is 2.44. The number of nitrogens with one attached hydrogen (secondary N) is 1. The molecule has 0 aliphatic heterocycles. The van der Waals surface area contributed by atoms with E-state index in [4.69, 9.17) is 9.47 Å². The molecule has 0 unspecified atom stereocenters. The standard InChI is InChI=1S/C23H20FN5O5S/c1-14-25-5-6-28(14)19-4-3-15(7-18(19)24)10-26-23(30)17-8-21(33-2)22(9-20(17)29(31)32)34-11-16-12-35-13-27-16/h3-9,12-13H,10-11H2,1-2H3,(H,26,30). The van der Waals surface area contributed by atoms with E-state index in [2.05, 4.69) is 15.3 Å². The van der Waals surface area contributed by atoms with Gasteiger partial charge in [-0.1, -0.05) is 6.07 Å². The molecular weight excluding hydrogens is 477 g/mol. The number of carbonyl (C=O) groups excluding carboxylic acids is 1. The summed E-state index contributed by atoms with van der Waals surface area (Å²) in [6, 6.07) is 6.91. The van der Waals surface area contributed by atoms with Crippen LogP contribution in [0.3, 0.4) is 0 Å². The molecule has 12 heteroatoms. The Balaban J connectivity index is 1.52. The lowest BCUT2D eigenvalue weighted by molar-refractivity contribution is -0.385. The van der Waals surface area contributed by atoms with Crippen molar-refractivity contribution in [2.24, 2.45) is 0 Å². The number of nitrogens with zero attached hydrogens (tertiary/aromatic N) is 4. The van der Waals surface area contributed by atoms with E-state index in [1.807, 2.05) is 0 Å². The van der Waals surface area contributed by atoms with Crippen molar-refractivity contribution in [1.29, 1.82) is 0 Å². The van der Waals surface area contributed by atoms with Crippen LogP contribution in [-0.2, 0) is 13.2 Å². The SMILES string of the molecule is COc1cc(C(=O)NCc2ccc(-n3ccnc3C)c(F)c2)c([N+](=O)[O-])cc1OCc1cscn1. The number of benzene rings is 2. The smallest absolute Gasteiger partial charge is 0.286 e. The van der Waals surface area contributed by atoms with Gasteiger partial charge in [-0.05, 0) is 24.6 Å². The number of aryl methyl sites for hydroxylation is 1. The van der Waals surface area contributed by atoms with Crippen molar-refractivity contribution in [2.45, 2.75) is 20.1 Å². The number of rotatable bonds is 9. The molecule has 0 aliphatic rings. The normalized spacial score (nSPS) is 10.7. The summed E-state index contributed by atoms with van der Waals surface area (Å²) in [7, 11) is 1.37. The summed E-state index contributed by atoms with van der Waals surface area (Å²) >= 11 is 1.39. The summed E-state index contributed by atoms with van der Waals surface area (Å²) < 4.78 is 27.1. The lowest BCUT2D eigenvalue weighted by Crippen LogP contribution is -2.24. The zero-order chi connectivity index (χ0) is 24.9. The number of methoxy groups -OCH3 is 1. The molecular formula is C23H20FN5O5S. The summed E-state index contributed by atoms with van der Waals surface area (Å²) in [5.74, 6) is -0.313. The molecule has 10 nitrogen and oxygen atoms in total. The number of hydrogen-bond donors (Lipinski definition) is 1. The van der Waals surface area contributed by atoms with E-state index in [-0.39, 0.29) is 30.2 Å². The summed E-state index contributed by atoms with van der Waals surface area (Å²) in [6.07, 6.45) is 3.21. The molecule has 0 bridgehead atoms. The van der Waals surface area contributed by atoms with Crippen molar-refractivity contribution < 1.29 is 23.6 Å². The number of hydrogen-bond acceptors (Lipinski definition) is 8. The Morgan fingerprint density at radius 2 is 2.09 bits per heavy atom. The molecule has 2 heterocycles. The molecule has 2 aromatic heterocycles. The average Bonchev–Trinajstić information content (AvgIpc) is 3.52. The zero-order valence-corrected chi connectivity index (χ0v) is 19.5. The van der Waals surface area contributed by atoms with Gasteiger partial charge in [-0.2, -0.15) is 0 Å². The Kier molecular flexibility index (Phi) is 7.01. The van der Waals surface area contributed by atoms with Crippen molar-refractivity contribution in [2.75, 3.05) is 7.11 Å². The van der Waals surface area contributed by atoms with Gasteiger partial charge in [0.2, 0.25) is 0 Å². The van der Waals surface area contributed by atoms with Gasteiger partial charge >= 0.3 is 0 Å². The summed E-state index contributed by atoms with van der Waals surface area (Å²) in [4.78, 5) is 32.0. The first-order chi connectivity index (χ1) is 16.9. The minimum Gasteiger partial charge on any atom is -0.493 e. The maximum atomic E-state index is 14.6. The van der Waals surface area contributed by atoms with Gasteiger partial charge in [0.1, 0.15) is 23.8 Å². The highest BCUT2D eigenvalue weighted by molar-refractivity contribution is 7.07. The highest BCUT2D eigenvalue weighted by Crippen LogP contribution is 2.35. The minimum atomic E-state index is -0.712. The van der Waals surface area contributed by atoms with Crippen molar-refractivity contribution in [1.82, 2.24) is 19.9 Å². The molecule has 0 spiro atoms. The Labute approximate surface area is 203 Å². The van der Waals surface area contributed by atoms with E-state index in [1.54, 1.807) is 46.9 Å². The molecule has 0 radical (unpaired) electrons. The van der Waals surface area contributed by atoms with Gasteiger partial charge in [0.25, 0.3) is 11.6 Å². The second kappa shape index (κ2) is 10.3. The molecule has 4 aromatic rings. The van der Waals surface area contributed by atoms with E-state index in [1.165, 1.54) is 30.6 Å². The molecule has 0 saturated heterocycles. The average molecular weight is 498 g/mol. The van der Waals surface area contributed by atoms with Crippen LogP contribution in [0, 0.1) is 22.9 Å². The van der Waals surface area contributed by atoms with Crippen LogP contribution in [0.15, 0.2) is 53.6 Å². The third-order valence-corrected chi connectivity index (χ3v) is 5.77. The number of imidazole rings is 1. The fourth-order valence-corrected chi connectivity index (χ4v) is 3.92. The Bertz CT molecular complexity index is 1370. The third-order valence-electron chi connectivity index (χ3n) is 5.13. The first-order valence-corrected chi connectivity index (χ1v) is 11.2. The first kappa shape index (κ1) is 23.8. The minimum absolute atomic E-state index is 0.0412. The predicted octanol–water partition coefficient (Wildman–Crippen LogP) is 4.20. The fourth-order valence-electron chi connectivity index (χ4n) is 3.38. The Morgan fingerprint density at radius 1 is 1.26 bits per heavy atom. The number of amides is 1. The number of halogens is 1. The van der Waals surface area contributed by atoms with E-state index in [0.29, 0.717) is 22.8 Å². The topological polar surface area (TPSA) is 121 Å². The maximum absolute atomic E-state index is 14.6. The Morgan fingerprint density at radius 3 is 2.71 bits per heavy atom. The molecule has 0 aliphatic carbocycles. The first-order valence-electron chi connectivity index (χ1n) is 10.3. The molecule has 0 saturated carbocycles. The van der Waals surface area contributed by atoms with Crippen LogP contribution in [0.1, 0.15) is 27.4 Å². The maximum Gasteiger partial charge on any atom is 0.286 e. The molecule has 180 valence electrons. The van der Waals surface area contributed by atoms with Gasteiger partial charge < -0.3 is 19.4 Å². The van der Waals surface area contributed by atoms with Crippen molar-refractivity contribution in [3.63, 3.8) is 0 Å². The second-order valence-corrected chi connectivity index (χ2v) is 8.08. The van der Waals surface area contributed by atoms with Crippen LogP contribution in [0.4, 0.5) is 10.1 Å². The summed E-state index contributed by atoms with van der Waals surface area (Å²) in [5, 5.41) is 16.0. The van der Waals surface area contributed by atoms with Crippen molar-refractivity contribution in [3.05, 3.63) is 92.2 Å². The van der Waals surface area contributed by atoms with Gasteiger partial charge in [0.05, 0.1) is 35.0 Å². The van der Waals surface area contributed by atoms with E-state index >= 15 is 0 Å². The quantitative estimate of drug-likeness (QED) is 0.272. The number of ether oxygens (including phenoxy) is 2. The molecule has 4 rings (SSSR count). The summed E-state index contributed by atoms with van der Waals surface area (Å²) in [6.45, 7) is 1.80. The number of thiazole rings is 1. The van der Waals surface area contributed by atoms with Crippen LogP contribution >= 0.6 is 11.3 Å². The highest BCUT2D eigenvalue weighted by atomic mass is 32.1. The van der Waals surface area contributed by atoms with Crippen molar-refractivity contribution in [3.8, 4) is 17.2 Å². The van der Waals surface area contributed by atoms with Gasteiger partial charge in [0.15, 0.2) is 11.5 Å². The molecule has 1 N–H and O–H groups in total. The van der Waals surface area contributed by atoms with E-state index < -0.39 is 22.3 Å². The zero-order valence-electron chi connectivity index (χ0n) is 18.7. The lowest BCUT2D eigenvalue weighted by atomic mass is 10.1. The lowest BCUT2D eigenvalue weighted by Gasteiger charge is -2.13. The number of nitro groups is 1. The predicted molar refractivity (Wildman–Crippen MR) is 126 cm³/mol. The number of carbonyl (C=O) groups is 1. The van der Waals surface area contributed by atoms with Crippen LogP contribution in [0.2, 0.25) is 0 Å². The Hall–Kier alpha value is -4.32. The third kappa shape index (κ3) is 5.27. The number of aromatic nitrogens is 3. The van der Waals surface area contributed by atoms with Gasteiger partial charge in [-0.3, -0.25) is 14.9 Å². The van der Waals surface area contributed by atoms with E-state index in [9.17, 15) is 19.3 Å². The molecule has 0 atom stereocenters. The van der Waals surface area contributed by atoms with Gasteiger partial charge in [0, 0.05) is 30.4 Å². The van der Waals surface area contributed by atoms with Crippen LogP contribution in [-0.4, -0.2) is 32.5 Å². The largest absolute Gasteiger partial charge is 0.493 e. The second-order valence-electron chi connectivity index (χ2n) is 7.36. The van der Waals surface area contributed by atoms with Crippen molar-refractivity contribution >= 4 is 22.9 Å². The molecule has 2 aromatic carbocycles. The number of nitro benzene ring substituents is 1. The van der Waals surface area contributed by atoms with Crippen LogP contribution in [0.5, 0.6) is 11.5 Å². The highest BCUT2D eigenvalue weighted by Gasteiger charge is 2.25. The fraction of sp³-hybridized carbons (Fsp3) is 0.174. The molecule has 35 heavy (non-hydrogen) atoms.